The van der Waals surface area contributed by atoms with Gasteiger partial charge in [0.15, 0.2) is 5.13 Å². The molecule has 2 aromatic heterocycles. The molecule has 7 nitrogen and oxygen atoms in total. The van der Waals surface area contributed by atoms with Gasteiger partial charge >= 0.3 is 0 Å². The molecule has 0 spiro atoms. The summed E-state index contributed by atoms with van der Waals surface area (Å²) in [6, 6.07) is 9.99. The van der Waals surface area contributed by atoms with Crippen LogP contribution in [0.1, 0.15) is 9.67 Å². The van der Waals surface area contributed by atoms with Crippen LogP contribution in [0.4, 0.5) is 10.9 Å². The molecule has 1 saturated heterocycles. The molecule has 1 aliphatic rings. The minimum Gasteiger partial charge on any atom is -0.379 e. The third-order valence-electron chi connectivity index (χ3n) is 4.45. The first-order valence-electron chi connectivity index (χ1n) is 8.94. The molecule has 3 heterocycles. The molecule has 1 fully saturated rings. The zero-order valence-electron chi connectivity index (χ0n) is 14.9. The number of rotatable bonds is 6. The Kier molecular flexibility index (Phi) is 5.57. The first kappa shape index (κ1) is 17.8. The van der Waals surface area contributed by atoms with Gasteiger partial charge in [-0.1, -0.05) is 35.6 Å². The second-order valence-electron chi connectivity index (χ2n) is 6.25. The largest absolute Gasteiger partial charge is 0.379 e. The third-order valence-corrected chi connectivity index (χ3v) is 5.36. The predicted octanol–water partition coefficient (Wildman–Crippen LogP) is 2.50. The summed E-state index contributed by atoms with van der Waals surface area (Å²) in [4.78, 5) is 23.9. The van der Waals surface area contributed by atoms with Gasteiger partial charge in [-0.3, -0.25) is 9.69 Å². The van der Waals surface area contributed by atoms with E-state index in [1.165, 1.54) is 11.3 Å². The van der Waals surface area contributed by atoms with Crippen molar-refractivity contribution in [2.75, 3.05) is 44.7 Å². The average molecular weight is 383 g/mol. The Morgan fingerprint density at radius 3 is 2.93 bits per heavy atom. The molecular formula is C19H21N5O2S. The van der Waals surface area contributed by atoms with Gasteiger partial charge in [-0.05, 0) is 11.5 Å². The number of ether oxygens (including phenoxy) is 1. The van der Waals surface area contributed by atoms with E-state index < -0.39 is 0 Å². The van der Waals surface area contributed by atoms with Crippen molar-refractivity contribution >= 4 is 39.0 Å². The van der Waals surface area contributed by atoms with Crippen LogP contribution in [0.2, 0.25) is 0 Å². The summed E-state index contributed by atoms with van der Waals surface area (Å²) in [5.74, 6) is 0.640. The van der Waals surface area contributed by atoms with Crippen LogP contribution in [-0.4, -0.2) is 60.2 Å². The molecule has 27 heavy (non-hydrogen) atoms. The number of fused-ring (bicyclic) bond motifs is 1. The van der Waals surface area contributed by atoms with Crippen molar-refractivity contribution in [3.8, 4) is 0 Å². The summed E-state index contributed by atoms with van der Waals surface area (Å²) in [5, 5.41) is 8.96. The molecule has 2 N–H and O–H groups in total. The summed E-state index contributed by atoms with van der Waals surface area (Å²) in [7, 11) is 0. The lowest BCUT2D eigenvalue weighted by molar-refractivity contribution is 0.0383. The van der Waals surface area contributed by atoms with E-state index in [1.807, 2.05) is 30.3 Å². The van der Waals surface area contributed by atoms with Crippen LogP contribution < -0.4 is 10.6 Å². The van der Waals surface area contributed by atoms with E-state index in [9.17, 15) is 4.79 Å². The first-order valence-corrected chi connectivity index (χ1v) is 9.76. The Morgan fingerprint density at radius 2 is 2.04 bits per heavy atom. The molecular weight excluding hydrogens is 362 g/mol. The monoisotopic (exact) mass is 383 g/mol. The maximum Gasteiger partial charge on any atom is 0.263 e. The van der Waals surface area contributed by atoms with Crippen molar-refractivity contribution in [2.24, 2.45) is 0 Å². The molecule has 0 radical (unpaired) electrons. The number of aromatic nitrogens is 2. The summed E-state index contributed by atoms with van der Waals surface area (Å²) in [6.45, 7) is 4.81. The fourth-order valence-electron chi connectivity index (χ4n) is 3.00. The number of nitrogens with zero attached hydrogens (tertiary/aromatic N) is 3. The number of nitrogens with one attached hydrogen (secondary N) is 2. The molecule has 1 amide bonds. The normalized spacial score (nSPS) is 15.0. The highest BCUT2D eigenvalue weighted by molar-refractivity contribution is 7.17. The maximum atomic E-state index is 12.3. The Morgan fingerprint density at radius 1 is 1.19 bits per heavy atom. The highest BCUT2D eigenvalue weighted by Gasteiger charge is 2.13. The third kappa shape index (κ3) is 4.41. The second kappa shape index (κ2) is 8.43. The molecule has 3 aromatic rings. The van der Waals surface area contributed by atoms with Gasteiger partial charge < -0.3 is 15.4 Å². The molecule has 1 aromatic carbocycles. The summed E-state index contributed by atoms with van der Waals surface area (Å²) >= 11 is 1.32. The lowest BCUT2D eigenvalue weighted by Crippen LogP contribution is -2.41. The van der Waals surface area contributed by atoms with Crippen LogP contribution in [-0.2, 0) is 4.74 Å². The summed E-state index contributed by atoms with van der Waals surface area (Å²) in [6.07, 6.45) is 3.36. The Hall–Kier alpha value is -2.55. The van der Waals surface area contributed by atoms with E-state index in [2.05, 4.69) is 25.5 Å². The van der Waals surface area contributed by atoms with E-state index in [-0.39, 0.29) is 5.91 Å². The van der Waals surface area contributed by atoms with Crippen LogP contribution in [0, 0.1) is 0 Å². The van der Waals surface area contributed by atoms with Crippen LogP contribution in [0.25, 0.3) is 10.8 Å². The van der Waals surface area contributed by atoms with E-state index in [0.717, 1.165) is 49.4 Å². The fourth-order valence-corrected chi connectivity index (χ4v) is 3.73. The minimum atomic E-state index is -0.0975. The van der Waals surface area contributed by atoms with Gasteiger partial charge in [0.2, 0.25) is 0 Å². The summed E-state index contributed by atoms with van der Waals surface area (Å²) in [5.41, 5.74) is 0. The Balaban J connectivity index is 1.35. The SMILES string of the molecule is O=C(NCCN1CCOCC1)c1cnc(Nc2nccc3ccccc23)s1. The van der Waals surface area contributed by atoms with Crippen LogP contribution in [0.15, 0.2) is 42.7 Å². The number of hydrogen-bond acceptors (Lipinski definition) is 7. The number of pyridine rings is 1. The zero-order chi connectivity index (χ0) is 18.5. The Labute approximate surface area is 161 Å². The molecule has 0 saturated carbocycles. The molecule has 8 heteroatoms. The van der Waals surface area contributed by atoms with Crippen molar-refractivity contribution in [1.82, 2.24) is 20.2 Å². The standard InChI is InChI=1S/C19H21N5O2S/c25-18(21-7-8-24-9-11-26-12-10-24)16-13-22-19(27-16)23-17-15-4-2-1-3-14(15)5-6-20-17/h1-6,13H,7-12H2,(H,21,25)(H,20,22,23). The second-order valence-corrected chi connectivity index (χ2v) is 7.28. The van der Waals surface area contributed by atoms with Gasteiger partial charge in [-0.15, -0.1) is 0 Å². The lowest BCUT2D eigenvalue weighted by atomic mass is 10.2. The smallest absolute Gasteiger partial charge is 0.263 e. The molecule has 4 rings (SSSR count). The average Bonchev–Trinajstić information content (AvgIpc) is 3.18. The van der Waals surface area contributed by atoms with Crippen LogP contribution in [0.5, 0.6) is 0 Å². The van der Waals surface area contributed by atoms with Gasteiger partial charge in [-0.25, -0.2) is 9.97 Å². The molecule has 0 atom stereocenters. The lowest BCUT2D eigenvalue weighted by Gasteiger charge is -2.26. The van der Waals surface area contributed by atoms with Crippen LogP contribution >= 0.6 is 11.3 Å². The van der Waals surface area contributed by atoms with Crippen molar-refractivity contribution < 1.29 is 9.53 Å². The number of hydrogen-bond donors (Lipinski definition) is 2. The van der Waals surface area contributed by atoms with Gasteiger partial charge in [0.1, 0.15) is 10.7 Å². The number of morpholine rings is 1. The van der Waals surface area contributed by atoms with Crippen LogP contribution in [0.3, 0.4) is 0 Å². The number of amides is 1. The predicted molar refractivity (Wildman–Crippen MR) is 107 cm³/mol. The fraction of sp³-hybridized carbons (Fsp3) is 0.316. The molecule has 0 aliphatic carbocycles. The number of thiazole rings is 1. The first-order chi connectivity index (χ1) is 13.3. The van der Waals surface area contributed by atoms with Gasteiger partial charge in [-0.2, -0.15) is 0 Å². The van der Waals surface area contributed by atoms with E-state index >= 15 is 0 Å². The maximum absolute atomic E-state index is 12.3. The van der Waals surface area contributed by atoms with Crippen molar-refractivity contribution in [3.63, 3.8) is 0 Å². The quantitative estimate of drug-likeness (QED) is 0.681. The van der Waals surface area contributed by atoms with Gasteiger partial charge in [0, 0.05) is 37.8 Å². The molecule has 1 aliphatic heterocycles. The summed E-state index contributed by atoms with van der Waals surface area (Å²) < 4.78 is 5.33. The number of benzene rings is 1. The topological polar surface area (TPSA) is 79.4 Å². The molecule has 140 valence electrons. The Bertz CT molecular complexity index is 918. The van der Waals surface area contributed by atoms with Gasteiger partial charge in [0.05, 0.1) is 19.4 Å². The minimum absolute atomic E-state index is 0.0975. The van der Waals surface area contributed by atoms with Gasteiger partial charge in [0.25, 0.3) is 5.91 Å². The number of anilines is 2. The number of carbonyl (C=O) groups is 1. The highest BCUT2D eigenvalue weighted by atomic mass is 32.1. The zero-order valence-corrected chi connectivity index (χ0v) is 15.7. The molecule has 0 unspecified atom stereocenters. The molecule has 0 bridgehead atoms. The van der Waals surface area contributed by atoms with Crippen molar-refractivity contribution in [1.29, 1.82) is 0 Å². The van der Waals surface area contributed by atoms with Crippen molar-refractivity contribution in [3.05, 3.63) is 47.6 Å². The van der Waals surface area contributed by atoms with Crippen molar-refractivity contribution in [2.45, 2.75) is 0 Å². The van der Waals surface area contributed by atoms with E-state index in [4.69, 9.17) is 4.74 Å². The highest BCUT2D eigenvalue weighted by Crippen LogP contribution is 2.26. The number of carbonyl (C=O) groups excluding carboxylic acids is 1. The van der Waals surface area contributed by atoms with E-state index in [1.54, 1.807) is 12.4 Å². The van der Waals surface area contributed by atoms with E-state index in [0.29, 0.717) is 16.6 Å².